The van der Waals surface area contributed by atoms with E-state index in [-0.39, 0.29) is 49.4 Å². The lowest BCUT2D eigenvalue weighted by Gasteiger charge is -2.28. The van der Waals surface area contributed by atoms with Crippen LogP contribution in [0.15, 0.2) is 36.4 Å². The van der Waals surface area contributed by atoms with E-state index in [4.69, 9.17) is 22.3 Å². The first-order chi connectivity index (χ1) is 15.2. The van der Waals surface area contributed by atoms with Crippen LogP contribution in [-0.2, 0) is 27.3 Å². The van der Waals surface area contributed by atoms with E-state index < -0.39 is 11.4 Å². The fourth-order valence-electron chi connectivity index (χ4n) is 3.49. The first-order valence-corrected chi connectivity index (χ1v) is 10.7. The third-order valence-electron chi connectivity index (χ3n) is 5.13. The summed E-state index contributed by atoms with van der Waals surface area (Å²) in [5.41, 5.74) is 11.1. The summed E-state index contributed by atoms with van der Waals surface area (Å²) < 4.78 is 0. The summed E-state index contributed by atoms with van der Waals surface area (Å²) in [6, 6.07) is 10.4. The minimum Gasteiger partial charge on any atom is -0.384 e. The van der Waals surface area contributed by atoms with Crippen LogP contribution < -0.4 is 27.4 Å². The van der Waals surface area contributed by atoms with Crippen molar-refractivity contribution in [1.29, 1.82) is 10.8 Å². The smallest absolute Gasteiger partial charge is 0.246 e. The Morgan fingerprint density at radius 3 is 2.53 bits per heavy atom. The molecule has 3 amide bonds. The molecule has 9 N–H and O–H groups in total. The molecule has 32 heavy (non-hydrogen) atoms. The Labute approximate surface area is 188 Å². The minimum atomic E-state index is -1.17. The number of carbonyl (C=O) groups is 3. The highest BCUT2D eigenvalue weighted by Crippen LogP contribution is 2.26. The SMILES string of the molecule is N=C(N)c1cccc(CC2(C(=O)NCC(=O)NCc3ccc(C(=N)N)s3)CCC(=O)N2)c1. The van der Waals surface area contributed by atoms with Gasteiger partial charge in [0, 0.05) is 23.3 Å². The number of amides is 3. The molecule has 1 atom stereocenters. The maximum absolute atomic E-state index is 13.0. The fraction of sp³-hybridized carbons (Fsp3) is 0.286. The summed E-state index contributed by atoms with van der Waals surface area (Å²) in [5.74, 6) is -1.17. The van der Waals surface area contributed by atoms with Crippen molar-refractivity contribution in [3.8, 4) is 0 Å². The van der Waals surface area contributed by atoms with Crippen molar-refractivity contribution in [3.05, 3.63) is 57.3 Å². The highest BCUT2D eigenvalue weighted by atomic mass is 32.1. The number of nitrogen functional groups attached to an aromatic ring is 2. The zero-order valence-electron chi connectivity index (χ0n) is 17.3. The number of nitrogens with two attached hydrogens (primary N) is 2. The predicted molar refractivity (Wildman–Crippen MR) is 121 cm³/mol. The first-order valence-electron chi connectivity index (χ1n) is 9.91. The van der Waals surface area contributed by atoms with Gasteiger partial charge in [0.05, 0.1) is 18.0 Å². The van der Waals surface area contributed by atoms with Gasteiger partial charge in [0.2, 0.25) is 17.7 Å². The number of carbonyl (C=O) groups excluding carboxylic acids is 3. The Kier molecular flexibility index (Phi) is 6.89. The number of amidine groups is 2. The van der Waals surface area contributed by atoms with Gasteiger partial charge >= 0.3 is 0 Å². The maximum Gasteiger partial charge on any atom is 0.246 e. The second kappa shape index (κ2) is 9.60. The standard InChI is InChI=1S/C21H25N7O3S/c22-18(23)13-3-1-2-12(8-13)9-21(7-6-16(29)28-21)20(31)27-11-17(30)26-10-14-4-5-15(32-14)19(24)25/h1-5,8H,6-7,9-11H2,(H3,22,23)(H3,24,25)(H,26,30)(H,27,31)(H,28,29). The van der Waals surface area contributed by atoms with Crippen LogP contribution in [0.5, 0.6) is 0 Å². The number of hydrogen-bond donors (Lipinski definition) is 7. The summed E-state index contributed by atoms with van der Waals surface area (Å²) in [6.45, 7) is 0.0151. The molecule has 2 aromatic rings. The van der Waals surface area contributed by atoms with Crippen LogP contribution in [-0.4, -0.2) is 41.5 Å². The van der Waals surface area contributed by atoms with Crippen molar-refractivity contribution >= 4 is 40.7 Å². The molecule has 1 aliphatic heterocycles. The lowest BCUT2D eigenvalue weighted by Crippen LogP contribution is -2.57. The third-order valence-corrected chi connectivity index (χ3v) is 6.25. The Hall–Kier alpha value is -3.73. The lowest BCUT2D eigenvalue weighted by atomic mass is 9.87. The molecule has 1 unspecified atom stereocenters. The van der Waals surface area contributed by atoms with Crippen LogP contribution in [0.3, 0.4) is 0 Å². The van der Waals surface area contributed by atoms with E-state index in [1.165, 1.54) is 11.3 Å². The molecule has 1 aromatic carbocycles. The van der Waals surface area contributed by atoms with Gasteiger partial charge in [0.15, 0.2) is 0 Å². The number of hydrogen-bond acceptors (Lipinski definition) is 6. The van der Waals surface area contributed by atoms with Crippen molar-refractivity contribution in [2.45, 2.75) is 31.3 Å². The van der Waals surface area contributed by atoms with E-state index in [1.54, 1.807) is 36.4 Å². The molecule has 1 fully saturated rings. The number of nitrogens with one attached hydrogen (secondary N) is 5. The van der Waals surface area contributed by atoms with Crippen molar-refractivity contribution in [1.82, 2.24) is 16.0 Å². The Morgan fingerprint density at radius 1 is 1.12 bits per heavy atom. The summed E-state index contributed by atoms with van der Waals surface area (Å²) in [7, 11) is 0. The van der Waals surface area contributed by atoms with Gasteiger partial charge in [-0.1, -0.05) is 18.2 Å². The van der Waals surface area contributed by atoms with Gasteiger partial charge in [-0.2, -0.15) is 0 Å². The largest absolute Gasteiger partial charge is 0.384 e. The Morgan fingerprint density at radius 2 is 1.91 bits per heavy atom. The van der Waals surface area contributed by atoms with Crippen molar-refractivity contribution in [2.75, 3.05) is 6.54 Å². The first kappa shape index (κ1) is 22.9. The predicted octanol–water partition coefficient (Wildman–Crippen LogP) is -0.0599. The molecule has 11 heteroatoms. The molecule has 168 valence electrons. The van der Waals surface area contributed by atoms with E-state index in [0.29, 0.717) is 16.9 Å². The minimum absolute atomic E-state index is 0.0300. The topological polar surface area (TPSA) is 187 Å². The van der Waals surface area contributed by atoms with Gasteiger partial charge < -0.3 is 27.4 Å². The number of rotatable bonds is 9. The second-order valence-corrected chi connectivity index (χ2v) is 8.73. The van der Waals surface area contributed by atoms with Crippen LogP contribution >= 0.6 is 11.3 Å². The van der Waals surface area contributed by atoms with Gasteiger partial charge in [-0.15, -0.1) is 11.3 Å². The summed E-state index contributed by atoms with van der Waals surface area (Å²) in [6.07, 6.45) is 0.728. The van der Waals surface area contributed by atoms with Gasteiger partial charge in [-0.3, -0.25) is 25.2 Å². The highest BCUT2D eigenvalue weighted by Gasteiger charge is 2.44. The molecule has 3 rings (SSSR count). The number of thiophene rings is 1. The van der Waals surface area contributed by atoms with Crippen molar-refractivity contribution in [2.24, 2.45) is 11.5 Å². The zero-order chi connectivity index (χ0) is 23.3. The van der Waals surface area contributed by atoms with Gasteiger partial charge in [-0.25, -0.2) is 0 Å². The maximum atomic E-state index is 13.0. The average molecular weight is 456 g/mol. The molecular weight excluding hydrogens is 430 g/mol. The monoisotopic (exact) mass is 455 g/mol. The number of benzene rings is 1. The van der Waals surface area contributed by atoms with Gasteiger partial charge in [-0.05, 0) is 30.2 Å². The van der Waals surface area contributed by atoms with Gasteiger partial charge in [0.25, 0.3) is 0 Å². The summed E-state index contributed by atoms with van der Waals surface area (Å²) in [5, 5.41) is 23.1. The van der Waals surface area contributed by atoms with Crippen LogP contribution in [0.4, 0.5) is 0 Å². The van der Waals surface area contributed by atoms with E-state index >= 15 is 0 Å². The molecule has 0 bridgehead atoms. The Balaban J connectivity index is 1.60. The van der Waals surface area contributed by atoms with Gasteiger partial charge in [0.1, 0.15) is 17.2 Å². The van der Waals surface area contributed by atoms with Crippen molar-refractivity contribution < 1.29 is 14.4 Å². The van der Waals surface area contributed by atoms with E-state index in [2.05, 4.69) is 16.0 Å². The van der Waals surface area contributed by atoms with E-state index in [9.17, 15) is 14.4 Å². The lowest BCUT2D eigenvalue weighted by molar-refractivity contribution is -0.131. The van der Waals surface area contributed by atoms with Crippen LogP contribution in [0.1, 0.15) is 33.7 Å². The molecule has 1 aliphatic rings. The molecule has 0 aliphatic carbocycles. The second-order valence-electron chi connectivity index (χ2n) is 7.56. The van der Waals surface area contributed by atoms with Crippen LogP contribution in [0.2, 0.25) is 0 Å². The third kappa shape index (κ3) is 5.49. The van der Waals surface area contributed by atoms with Crippen molar-refractivity contribution in [3.63, 3.8) is 0 Å². The molecular formula is C21H25N7O3S. The molecule has 1 aromatic heterocycles. The summed E-state index contributed by atoms with van der Waals surface area (Å²) >= 11 is 1.31. The Bertz CT molecular complexity index is 1080. The average Bonchev–Trinajstić information content (AvgIpc) is 3.38. The van der Waals surface area contributed by atoms with E-state index in [1.807, 2.05) is 0 Å². The molecule has 0 spiro atoms. The zero-order valence-corrected chi connectivity index (χ0v) is 18.1. The van der Waals surface area contributed by atoms with E-state index in [0.717, 1.165) is 10.4 Å². The molecule has 0 saturated carbocycles. The normalized spacial score (nSPS) is 17.4. The molecule has 10 nitrogen and oxygen atoms in total. The van der Waals surface area contributed by atoms with Crippen LogP contribution in [0.25, 0.3) is 0 Å². The molecule has 0 radical (unpaired) electrons. The van der Waals surface area contributed by atoms with Crippen LogP contribution in [0, 0.1) is 10.8 Å². The summed E-state index contributed by atoms with van der Waals surface area (Å²) in [4.78, 5) is 38.6. The molecule has 2 heterocycles. The fourth-order valence-corrected chi connectivity index (χ4v) is 4.30. The quantitative estimate of drug-likeness (QED) is 0.206. The highest BCUT2D eigenvalue weighted by molar-refractivity contribution is 7.14. The molecule has 1 saturated heterocycles.